The summed E-state index contributed by atoms with van der Waals surface area (Å²) in [6.45, 7) is 3.56. The molecule has 0 radical (unpaired) electrons. The second kappa shape index (κ2) is 8.55. The van der Waals surface area contributed by atoms with Crippen molar-refractivity contribution in [2.45, 2.75) is 32.8 Å². The second-order valence-electron chi connectivity index (χ2n) is 7.61. The molecule has 3 aromatic rings. The zero-order valence-corrected chi connectivity index (χ0v) is 18.2. The van der Waals surface area contributed by atoms with Crippen LogP contribution in [-0.4, -0.2) is 17.5 Å². The molecule has 6 nitrogen and oxygen atoms in total. The van der Waals surface area contributed by atoms with Crippen molar-refractivity contribution in [2.24, 2.45) is 0 Å². The van der Waals surface area contributed by atoms with Crippen molar-refractivity contribution in [3.8, 4) is 0 Å². The minimum absolute atomic E-state index is 0.0133. The Balaban J connectivity index is 1.89. The van der Waals surface area contributed by atoms with Crippen molar-refractivity contribution in [3.05, 3.63) is 91.8 Å². The van der Waals surface area contributed by atoms with Crippen molar-refractivity contribution in [1.82, 2.24) is 0 Å². The lowest BCUT2D eigenvalue weighted by Crippen LogP contribution is -2.19. The van der Waals surface area contributed by atoms with E-state index in [1.54, 1.807) is 30.3 Å². The van der Waals surface area contributed by atoms with Crippen LogP contribution < -0.4 is 5.43 Å². The van der Waals surface area contributed by atoms with E-state index in [0.717, 1.165) is 6.08 Å². The van der Waals surface area contributed by atoms with Gasteiger partial charge in [0.05, 0.1) is 21.5 Å². The fourth-order valence-corrected chi connectivity index (χ4v) is 3.78. The van der Waals surface area contributed by atoms with Gasteiger partial charge in [-0.15, -0.1) is 0 Å². The number of ether oxygens (including phenoxy) is 1. The molecule has 162 valence electrons. The zero-order valence-electron chi connectivity index (χ0n) is 17.4. The van der Waals surface area contributed by atoms with Crippen molar-refractivity contribution < 1.29 is 23.5 Å². The highest BCUT2D eigenvalue weighted by atomic mass is 35.5. The lowest BCUT2D eigenvalue weighted by atomic mass is 9.89. The molecule has 1 aliphatic carbocycles. The molecule has 0 bridgehead atoms. The molecule has 1 heterocycles. The van der Waals surface area contributed by atoms with E-state index in [0.29, 0.717) is 17.7 Å². The van der Waals surface area contributed by atoms with Crippen LogP contribution >= 0.6 is 11.6 Å². The van der Waals surface area contributed by atoms with E-state index in [4.69, 9.17) is 20.8 Å². The highest BCUT2D eigenvalue weighted by Gasteiger charge is 2.31. The number of Topliss-reactive ketones (excluding diaryl/α,β-unsaturated/α-hetero) is 1. The molecule has 4 rings (SSSR count). The van der Waals surface area contributed by atoms with Crippen molar-refractivity contribution in [2.75, 3.05) is 0 Å². The van der Waals surface area contributed by atoms with Crippen molar-refractivity contribution in [3.63, 3.8) is 0 Å². The first-order chi connectivity index (χ1) is 15.3. The Hall–Kier alpha value is -3.51. The molecule has 0 N–H and O–H groups in total. The average Bonchev–Trinajstić information content (AvgIpc) is 2.80. The number of carbonyl (C=O) groups excluding carboxylic acids is 3. The first-order valence-corrected chi connectivity index (χ1v) is 10.5. The van der Waals surface area contributed by atoms with Crippen LogP contribution in [0.1, 0.15) is 68.6 Å². The van der Waals surface area contributed by atoms with Gasteiger partial charge >= 0.3 is 5.97 Å². The summed E-state index contributed by atoms with van der Waals surface area (Å²) < 4.78 is 11.4. The topological polar surface area (TPSA) is 90.7 Å². The van der Waals surface area contributed by atoms with Gasteiger partial charge in [-0.05, 0) is 24.6 Å². The van der Waals surface area contributed by atoms with E-state index in [1.165, 1.54) is 12.1 Å². The number of esters is 1. The van der Waals surface area contributed by atoms with Crippen LogP contribution in [0.25, 0.3) is 11.0 Å². The molecule has 0 saturated carbocycles. The second-order valence-corrected chi connectivity index (χ2v) is 8.02. The number of ketones is 2. The molecule has 0 saturated heterocycles. The van der Waals surface area contributed by atoms with Crippen LogP contribution in [0.4, 0.5) is 0 Å². The van der Waals surface area contributed by atoms with Crippen LogP contribution in [0.5, 0.6) is 0 Å². The number of hydrogen-bond donors (Lipinski definition) is 0. The van der Waals surface area contributed by atoms with Crippen LogP contribution in [-0.2, 0) is 11.3 Å². The third kappa shape index (κ3) is 3.78. The van der Waals surface area contributed by atoms with Gasteiger partial charge in [-0.1, -0.05) is 43.6 Å². The minimum Gasteiger partial charge on any atom is -0.460 e. The molecule has 7 heteroatoms. The van der Waals surface area contributed by atoms with E-state index < -0.39 is 17.5 Å². The Kier molecular flexibility index (Phi) is 5.80. The van der Waals surface area contributed by atoms with Gasteiger partial charge in [-0.2, -0.15) is 0 Å². The number of allylic oxidation sites excluding steroid dienone is 2. The summed E-state index contributed by atoms with van der Waals surface area (Å²) in [5.41, 5.74) is 0.239. The van der Waals surface area contributed by atoms with Gasteiger partial charge in [0, 0.05) is 29.2 Å². The summed E-state index contributed by atoms with van der Waals surface area (Å²) in [6, 6.07) is 11.2. The van der Waals surface area contributed by atoms with Crippen LogP contribution in [0.3, 0.4) is 0 Å². The summed E-state index contributed by atoms with van der Waals surface area (Å²) in [4.78, 5) is 50.9. The Bertz CT molecular complexity index is 1350. The third-order valence-electron chi connectivity index (χ3n) is 5.54. The Morgan fingerprint density at radius 2 is 1.84 bits per heavy atom. The van der Waals surface area contributed by atoms with Gasteiger partial charge < -0.3 is 9.15 Å². The monoisotopic (exact) mass is 450 g/mol. The SMILES string of the molecule is CC[C@H](C)c1cc(=O)c2c(COC(=O)c3ccccc3)cc3c(c2o1)C(=O)C(Cl)=CC3=O. The standard InChI is InChI=1S/C25H19ClO6/c1-3-13(2)20-11-19(28)21-15(12-31-25(30)14-7-5-4-6-8-14)9-16-18(27)10-17(26)23(29)22(16)24(21)32-20/h4-11,13H,3,12H2,1-2H3/t13-/m0/s1. The van der Waals surface area contributed by atoms with E-state index in [9.17, 15) is 19.2 Å². The number of carbonyl (C=O) groups is 3. The lowest BCUT2D eigenvalue weighted by molar-refractivity contribution is 0.0474. The minimum atomic E-state index is -0.594. The lowest BCUT2D eigenvalue weighted by Gasteiger charge is -2.18. The van der Waals surface area contributed by atoms with Crippen LogP contribution in [0.15, 0.2) is 62.8 Å². The van der Waals surface area contributed by atoms with E-state index >= 15 is 0 Å². The van der Waals surface area contributed by atoms with Crippen LogP contribution in [0, 0.1) is 0 Å². The molecule has 0 unspecified atom stereocenters. The third-order valence-corrected chi connectivity index (χ3v) is 5.82. The molecular weight excluding hydrogens is 432 g/mol. The molecule has 32 heavy (non-hydrogen) atoms. The number of hydrogen-bond acceptors (Lipinski definition) is 6. The molecule has 0 fully saturated rings. The fourth-order valence-electron chi connectivity index (χ4n) is 3.59. The summed E-state index contributed by atoms with van der Waals surface area (Å²) >= 11 is 5.97. The van der Waals surface area contributed by atoms with Crippen molar-refractivity contribution in [1.29, 1.82) is 0 Å². The molecule has 1 aliphatic rings. The van der Waals surface area contributed by atoms with Gasteiger partial charge in [0.2, 0.25) is 5.78 Å². The first kappa shape index (κ1) is 21.7. The maximum atomic E-state index is 13.1. The number of benzene rings is 2. The summed E-state index contributed by atoms with van der Waals surface area (Å²) in [7, 11) is 0. The number of halogens is 1. The van der Waals surface area contributed by atoms with Gasteiger partial charge in [0.1, 0.15) is 18.0 Å². The summed E-state index contributed by atoms with van der Waals surface area (Å²) in [5.74, 6) is -1.34. The molecule has 1 atom stereocenters. The predicted molar refractivity (Wildman–Crippen MR) is 119 cm³/mol. The Labute approximate surface area is 188 Å². The smallest absolute Gasteiger partial charge is 0.338 e. The number of fused-ring (bicyclic) bond motifs is 3. The van der Waals surface area contributed by atoms with E-state index in [1.807, 2.05) is 13.8 Å². The number of rotatable bonds is 5. The van der Waals surface area contributed by atoms with Crippen LogP contribution in [0.2, 0.25) is 0 Å². The van der Waals surface area contributed by atoms with Gasteiger partial charge in [-0.25, -0.2) is 4.79 Å². The fraction of sp³-hybridized carbons (Fsp3) is 0.200. The molecule has 0 spiro atoms. The normalized spacial score (nSPS) is 14.2. The van der Waals surface area contributed by atoms with Gasteiger partial charge in [0.15, 0.2) is 11.2 Å². The quantitative estimate of drug-likeness (QED) is 0.498. The Morgan fingerprint density at radius 1 is 1.12 bits per heavy atom. The Morgan fingerprint density at radius 3 is 2.53 bits per heavy atom. The maximum Gasteiger partial charge on any atom is 0.338 e. The molecule has 0 aliphatic heterocycles. The van der Waals surface area contributed by atoms with E-state index in [-0.39, 0.29) is 50.6 Å². The summed E-state index contributed by atoms with van der Waals surface area (Å²) in [5, 5.41) is -0.159. The van der Waals surface area contributed by atoms with Crippen molar-refractivity contribution >= 4 is 40.1 Å². The van der Waals surface area contributed by atoms with Gasteiger partial charge in [-0.3, -0.25) is 14.4 Å². The first-order valence-electron chi connectivity index (χ1n) is 10.1. The zero-order chi connectivity index (χ0) is 23.0. The largest absolute Gasteiger partial charge is 0.460 e. The molecule has 1 aromatic heterocycles. The predicted octanol–water partition coefficient (Wildman–Crippen LogP) is 5.17. The van der Waals surface area contributed by atoms with Gasteiger partial charge in [0.25, 0.3) is 0 Å². The maximum absolute atomic E-state index is 13.1. The highest BCUT2D eigenvalue weighted by Crippen LogP contribution is 2.33. The average molecular weight is 451 g/mol. The molecular formula is C25H19ClO6. The molecule has 0 amide bonds. The molecule has 2 aromatic carbocycles. The highest BCUT2D eigenvalue weighted by molar-refractivity contribution is 6.50. The summed E-state index contributed by atoms with van der Waals surface area (Å²) in [6.07, 6.45) is 1.74. The van der Waals surface area contributed by atoms with E-state index in [2.05, 4.69) is 0 Å².